The average molecular weight is 353 g/mol. The van der Waals surface area contributed by atoms with Crippen molar-refractivity contribution in [3.63, 3.8) is 0 Å². The van der Waals surface area contributed by atoms with Crippen molar-refractivity contribution in [1.82, 2.24) is 4.57 Å². The molecule has 0 bridgehead atoms. The van der Waals surface area contributed by atoms with Gasteiger partial charge in [-0.3, -0.25) is 0 Å². The first-order valence-electron chi connectivity index (χ1n) is 8.40. The molecular formula is C18H25ClN2O3. The van der Waals surface area contributed by atoms with Gasteiger partial charge in [0.1, 0.15) is 5.75 Å². The number of esters is 1. The normalized spacial score (nSPS) is 15.2. The van der Waals surface area contributed by atoms with Gasteiger partial charge in [-0.05, 0) is 31.9 Å². The minimum atomic E-state index is -0.354. The number of phenolic OH excluding ortho intramolecular Hbond substituents is 1. The summed E-state index contributed by atoms with van der Waals surface area (Å²) in [5.74, 6) is -0.223. The SMILES string of the molecule is CCOC(=O)c1cn(C2CCCCC2)c2ccc(O)c(CN)c12.Cl. The number of nitrogens with zero attached hydrogens (tertiary/aromatic N) is 1. The number of hydrogen-bond donors (Lipinski definition) is 2. The van der Waals surface area contributed by atoms with Crippen molar-refractivity contribution in [1.29, 1.82) is 0 Å². The molecule has 24 heavy (non-hydrogen) atoms. The molecule has 0 spiro atoms. The van der Waals surface area contributed by atoms with Gasteiger partial charge in [0, 0.05) is 35.2 Å². The second-order valence-electron chi connectivity index (χ2n) is 6.12. The topological polar surface area (TPSA) is 77.5 Å². The van der Waals surface area contributed by atoms with Crippen molar-refractivity contribution in [2.45, 2.75) is 51.6 Å². The van der Waals surface area contributed by atoms with Crippen LogP contribution >= 0.6 is 12.4 Å². The Labute approximate surface area is 148 Å². The fourth-order valence-electron chi connectivity index (χ4n) is 3.64. The van der Waals surface area contributed by atoms with E-state index in [-0.39, 0.29) is 30.7 Å². The van der Waals surface area contributed by atoms with E-state index in [9.17, 15) is 9.90 Å². The van der Waals surface area contributed by atoms with E-state index in [2.05, 4.69) is 4.57 Å². The van der Waals surface area contributed by atoms with Crippen LogP contribution in [0.15, 0.2) is 18.3 Å². The van der Waals surface area contributed by atoms with Gasteiger partial charge in [-0.1, -0.05) is 19.3 Å². The molecule has 6 heteroatoms. The second-order valence-corrected chi connectivity index (χ2v) is 6.12. The van der Waals surface area contributed by atoms with Crippen LogP contribution in [0.1, 0.15) is 61.0 Å². The van der Waals surface area contributed by atoms with Gasteiger partial charge in [0.25, 0.3) is 0 Å². The third-order valence-electron chi connectivity index (χ3n) is 4.75. The Balaban J connectivity index is 0.00000208. The van der Waals surface area contributed by atoms with Crippen LogP contribution in [-0.4, -0.2) is 22.2 Å². The number of aromatic nitrogens is 1. The van der Waals surface area contributed by atoms with Gasteiger partial charge in [-0.15, -0.1) is 12.4 Å². The number of carbonyl (C=O) groups excluding carboxylic acids is 1. The lowest BCUT2D eigenvalue weighted by molar-refractivity contribution is 0.0528. The predicted molar refractivity (Wildman–Crippen MR) is 96.8 cm³/mol. The molecule has 0 amide bonds. The summed E-state index contributed by atoms with van der Waals surface area (Å²) in [5, 5.41) is 10.9. The van der Waals surface area contributed by atoms with Gasteiger partial charge < -0.3 is 20.1 Å². The molecular weight excluding hydrogens is 328 g/mol. The van der Waals surface area contributed by atoms with Crippen LogP contribution in [0.3, 0.4) is 0 Å². The summed E-state index contributed by atoms with van der Waals surface area (Å²) in [6.45, 7) is 2.30. The van der Waals surface area contributed by atoms with Gasteiger partial charge in [0.15, 0.2) is 0 Å². The Kier molecular flexibility index (Phi) is 6.13. The van der Waals surface area contributed by atoms with E-state index < -0.39 is 0 Å². The van der Waals surface area contributed by atoms with Crippen molar-refractivity contribution in [2.24, 2.45) is 5.73 Å². The molecule has 0 radical (unpaired) electrons. The zero-order valence-corrected chi connectivity index (χ0v) is 14.8. The summed E-state index contributed by atoms with van der Waals surface area (Å²) in [5.41, 5.74) is 7.90. The number of aromatic hydroxyl groups is 1. The van der Waals surface area contributed by atoms with E-state index in [4.69, 9.17) is 10.5 Å². The Morgan fingerprint density at radius 1 is 1.33 bits per heavy atom. The molecule has 1 heterocycles. The molecule has 2 aromatic rings. The van der Waals surface area contributed by atoms with Gasteiger partial charge >= 0.3 is 5.97 Å². The maximum Gasteiger partial charge on any atom is 0.340 e. The van der Waals surface area contributed by atoms with E-state index in [1.807, 2.05) is 12.3 Å². The average Bonchev–Trinajstić information content (AvgIpc) is 2.95. The minimum absolute atomic E-state index is 0. The van der Waals surface area contributed by atoms with Gasteiger partial charge in [-0.2, -0.15) is 0 Å². The number of benzene rings is 1. The number of ether oxygens (including phenoxy) is 1. The highest BCUT2D eigenvalue weighted by atomic mass is 35.5. The highest BCUT2D eigenvalue weighted by Crippen LogP contribution is 2.37. The number of halogens is 1. The number of hydrogen-bond acceptors (Lipinski definition) is 4. The molecule has 0 unspecified atom stereocenters. The van der Waals surface area contributed by atoms with Gasteiger partial charge in [0.05, 0.1) is 12.2 Å². The van der Waals surface area contributed by atoms with Gasteiger partial charge in [0.2, 0.25) is 0 Å². The third-order valence-corrected chi connectivity index (χ3v) is 4.75. The number of carbonyl (C=O) groups is 1. The first-order valence-corrected chi connectivity index (χ1v) is 8.40. The zero-order valence-electron chi connectivity index (χ0n) is 14.0. The van der Waals surface area contributed by atoms with Crippen LogP contribution in [0.4, 0.5) is 0 Å². The maximum absolute atomic E-state index is 12.4. The highest BCUT2D eigenvalue weighted by molar-refractivity contribution is 6.06. The standard InChI is InChI=1S/C18H24N2O3.ClH/c1-2-23-18(22)14-11-20(12-6-4-3-5-7-12)15-8-9-16(21)13(10-19)17(14)15;/h8-9,11-12,21H,2-7,10,19H2,1H3;1H. The van der Waals surface area contributed by atoms with Crippen LogP contribution in [0.25, 0.3) is 10.9 Å². The zero-order chi connectivity index (χ0) is 16.4. The quantitative estimate of drug-likeness (QED) is 0.818. The number of phenols is 1. The van der Waals surface area contributed by atoms with Crippen LogP contribution in [0.5, 0.6) is 5.75 Å². The summed E-state index contributed by atoms with van der Waals surface area (Å²) in [6.07, 6.45) is 7.81. The molecule has 0 saturated heterocycles. The first kappa shape index (κ1) is 18.6. The summed E-state index contributed by atoms with van der Waals surface area (Å²) in [7, 11) is 0. The molecule has 5 nitrogen and oxygen atoms in total. The number of nitrogens with two attached hydrogens (primary N) is 1. The Morgan fingerprint density at radius 2 is 2.04 bits per heavy atom. The number of fused-ring (bicyclic) bond motifs is 1. The maximum atomic E-state index is 12.4. The van der Waals surface area contributed by atoms with Crippen LogP contribution in [0, 0.1) is 0 Å². The number of rotatable bonds is 4. The second kappa shape index (κ2) is 7.90. The minimum Gasteiger partial charge on any atom is -0.508 e. The molecule has 0 aliphatic heterocycles. The van der Waals surface area contributed by atoms with E-state index in [1.165, 1.54) is 19.3 Å². The van der Waals surface area contributed by atoms with Crippen molar-refractivity contribution < 1.29 is 14.6 Å². The van der Waals surface area contributed by atoms with Gasteiger partial charge in [-0.25, -0.2) is 4.79 Å². The smallest absolute Gasteiger partial charge is 0.340 e. The third kappa shape index (κ3) is 3.23. The monoisotopic (exact) mass is 352 g/mol. The summed E-state index contributed by atoms with van der Waals surface area (Å²) >= 11 is 0. The summed E-state index contributed by atoms with van der Waals surface area (Å²) < 4.78 is 7.38. The van der Waals surface area contributed by atoms with Crippen molar-refractivity contribution in [2.75, 3.05) is 6.61 Å². The largest absolute Gasteiger partial charge is 0.508 e. The molecule has 1 aromatic heterocycles. The molecule has 1 aliphatic carbocycles. The molecule has 0 atom stereocenters. The molecule has 1 aromatic carbocycles. The Hall–Kier alpha value is -1.72. The fraction of sp³-hybridized carbons (Fsp3) is 0.500. The van der Waals surface area contributed by atoms with Crippen LogP contribution in [-0.2, 0) is 11.3 Å². The summed E-state index contributed by atoms with van der Waals surface area (Å²) in [6, 6.07) is 3.93. The lowest BCUT2D eigenvalue weighted by atomic mass is 9.95. The molecule has 3 rings (SSSR count). The molecule has 1 fully saturated rings. The first-order chi connectivity index (χ1) is 11.2. The Morgan fingerprint density at radius 3 is 2.67 bits per heavy atom. The van der Waals surface area contributed by atoms with Crippen molar-refractivity contribution in [3.05, 3.63) is 29.5 Å². The van der Waals surface area contributed by atoms with Crippen LogP contribution < -0.4 is 5.73 Å². The molecule has 1 saturated carbocycles. The van der Waals surface area contributed by atoms with E-state index in [0.717, 1.165) is 23.7 Å². The summed E-state index contributed by atoms with van der Waals surface area (Å²) in [4.78, 5) is 12.4. The van der Waals surface area contributed by atoms with E-state index in [1.54, 1.807) is 13.0 Å². The van der Waals surface area contributed by atoms with E-state index in [0.29, 0.717) is 23.8 Å². The lowest BCUT2D eigenvalue weighted by Gasteiger charge is -2.24. The molecule has 132 valence electrons. The fourth-order valence-corrected chi connectivity index (χ4v) is 3.64. The van der Waals surface area contributed by atoms with Crippen molar-refractivity contribution >= 4 is 29.3 Å². The highest BCUT2D eigenvalue weighted by Gasteiger charge is 2.24. The van der Waals surface area contributed by atoms with E-state index >= 15 is 0 Å². The lowest BCUT2D eigenvalue weighted by Crippen LogP contribution is -2.12. The van der Waals surface area contributed by atoms with Crippen molar-refractivity contribution in [3.8, 4) is 5.75 Å². The van der Waals surface area contributed by atoms with Crippen LogP contribution in [0.2, 0.25) is 0 Å². The molecule has 1 aliphatic rings. The predicted octanol–water partition coefficient (Wildman–Crippen LogP) is 3.91. The molecule has 3 N–H and O–H groups in total. The Bertz CT molecular complexity index is 721.